The van der Waals surface area contributed by atoms with Gasteiger partial charge >= 0.3 is 5.69 Å². The average Bonchev–Trinajstić information content (AvgIpc) is 3.47. The number of fused-ring (bicyclic) bond motifs is 2. The summed E-state index contributed by atoms with van der Waals surface area (Å²) in [5.41, 5.74) is 2.69. The van der Waals surface area contributed by atoms with Gasteiger partial charge in [0, 0.05) is 49.9 Å². The highest BCUT2D eigenvalue weighted by Crippen LogP contribution is 2.39. The highest BCUT2D eigenvalue weighted by atomic mass is 35.5. The maximum atomic E-state index is 13.4. The second kappa shape index (κ2) is 10.0. The van der Waals surface area contributed by atoms with Crippen molar-refractivity contribution in [1.82, 2.24) is 29.0 Å². The molecule has 2 N–H and O–H groups in total. The molecule has 0 unspecified atom stereocenters. The summed E-state index contributed by atoms with van der Waals surface area (Å²) >= 11 is 12.8. The summed E-state index contributed by atoms with van der Waals surface area (Å²) in [5, 5.41) is 4.44. The largest absolute Gasteiger partial charge is 0.366 e. The monoisotopic (exact) mass is 565 g/mol. The number of carbonyl (C=O) groups is 2. The van der Waals surface area contributed by atoms with Crippen molar-refractivity contribution in [2.45, 2.75) is 32.4 Å². The number of amides is 1. The second-order valence-corrected chi connectivity index (χ2v) is 10.5. The second-order valence-electron chi connectivity index (χ2n) is 9.70. The average molecular weight is 566 g/mol. The molecule has 12 heteroatoms. The predicted octanol–water partition coefficient (Wildman–Crippen LogP) is 4.40. The first kappa shape index (κ1) is 25.4. The molecular weight excluding hydrogens is 541 g/mol. The van der Waals surface area contributed by atoms with Crippen LogP contribution in [0.15, 0.2) is 41.6 Å². The number of rotatable bonds is 5. The Morgan fingerprint density at radius 1 is 1.13 bits per heavy atom. The summed E-state index contributed by atoms with van der Waals surface area (Å²) in [7, 11) is 0. The molecule has 4 aromatic rings. The van der Waals surface area contributed by atoms with Gasteiger partial charge < -0.3 is 14.8 Å². The molecule has 0 aliphatic carbocycles. The molecule has 39 heavy (non-hydrogen) atoms. The number of aromatic nitrogens is 5. The van der Waals surface area contributed by atoms with Gasteiger partial charge in [0.2, 0.25) is 5.91 Å². The van der Waals surface area contributed by atoms with E-state index >= 15 is 0 Å². The first-order valence-corrected chi connectivity index (χ1v) is 13.4. The molecule has 3 aromatic heterocycles. The van der Waals surface area contributed by atoms with E-state index in [9.17, 15) is 14.4 Å². The molecule has 0 atom stereocenters. The van der Waals surface area contributed by atoms with E-state index in [4.69, 9.17) is 23.2 Å². The maximum absolute atomic E-state index is 13.4. The van der Waals surface area contributed by atoms with Crippen molar-refractivity contribution in [3.63, 3.8) is 0 Å². The molecule has 200 valence electrons. The molecule has 5 heterocycles. The molecule has 10 nitrogen and oxygen atoms in total. The van der Waals surface area contributed by atoms with Gasteiger partial charge in [0.05, 0.1) is 21.1 Å². The number of nitrogens with one attached hydrogen (secondary N) is 2. The molecule has 6 rings (SSSR count). The van der Waals surface area contributed by atoms with Crippen LogP contribution in [0.4, 0.5) is 5.82 Å². The number of benzene rings is 1. The van der Waals surface area contributed by atoms with Gasteiger partial charge in [-0.25, -0.2) is 14.8 Å². The number of ketones is 1. The van der Waals surface area contributed by atoms with Crippen LogP contribution in [0.1, 0.15) is 42.0 Å². The molecule has 0 spiro atoms. The van der Waals surface area contributed by atoms with Crippen molar-refractivity contribution in [3.05, 3.63) is 68.7 Å². The Hall–Kier alpha value is -3.89. The van der Waals surface area contributed by atoms with Crippen LogP contribution in [0, 0.1) is 0 Å². The number of hydrogen-bond acceptors (Lipinski definition) is 6. The first-order valence-electron chi connectivity index (χ1n) is 12.7. The number of Topliss-reactive ketones (excluding diaryl/α,β-unsaturated/α-hetero) is 1. The fourth-order valence-electron chi connectivity index (χ4n) is 5.50. The number of H-pyrrole nitrogens is 1. The number of likely N-dealkylation sites (tertiary alicyclic amines) is 1. The molecule has 2 aliphatic heterocycles. The predicted molar refractivity (Wildman–Crippen MR) is 150 cm³/mol. The van der Waals surface area contributed by atoms with Crippen LogP contribution < -0.4 is 11.0 Å². The number of hydrogen-bond donors (Lipinski definition) is 2. The van der Waals surface area contributed by atoms with Crippen LogP contribution in [0.3, 0.4) is 0 Å². The van der Waals surface area contributed by atoms with E-state index in [0.29, 0.717) is 64.7 Å². The van der Waals surface area contributed by atoms with Crippen molar-refractivity contribution in [2.75, 3.05) is 25.0 Å². The van der Waals surface area contributed by atoms with E-state index in [1.807, 2.05) is 18.2 Å². The Bertz CT molecular complexity index is 1710. The van der Waals surface area contributed by atoms with Gasteiger partial charge in [0.1, 0.15) is 30.0 Å². The Morgan fingerprint density at radius 2 is 1.92 bits per heavy atom. The van der Waals surface area contributed by atoms with Gasteiger partial charge in [-0.3, -0.25) is 19.1 Å². The number of halogens is 2. The summed E-state index contributed by atoms with van der Waals surface area (Å²) < 4.78 is 3.52. The maximum Gasteiger partial charge on any atom is 0.327 e. The minimum atomic E-state index is -0.222. The minimum Gasteiger partial charge on any atom is -0.366 e. The highest BCUT2D eigenvalue weighted by molar-refractivity contribution is 6.44. The summed E-state index contributed by atoms with van der Waals surface area (Å²) in [5.74, 6) is 0.435. The number of carbonyl (C=O) groups excluding carboxylic acids is 2. The quantitative estimate of drug-likeness (QED) is 0.346. The minimum absolute atomic E-state index is 0.000878. The van der Waals surface area contributed by atoms with E-state index in [0.717, 1.165) is 11.5 Å². The number of nitrogens with zero attached hydrogens (tertiary/aromatic N) is 5. The normalized spacial score (nSPS) is 15.4. The Morgan fingerprint density at radius 3 is 2.69 bits per heavy atom. The molecule has 0 radical (unpaired) electrons. The van der Waals surface area contributed by atoms with Gasteiger partial charge in [0.15, 0.2) is 5.78 Å². The van der Waals surface area contributed by atoms with Crippen molar-refractivity contribution in [2.24, 2.45) is 0 Å². The standard InChI is InChI=1S/C27H25Cl2N7O3/c1-15(37)24-22-18(17-4-2-5-19(28)23(17)29)12-35(26(22)32-14-31-24)13-21(38)34-10-7-16(8-11-34)36-20-6-3-9-30-25(20)33-27(36)39/h2-6,12,14,16,30H,7-11,13H2,1H3,(H,33,39). The van der Waals surface area contributed by atoms with Gasteiger partial charge in [-0.1, -0.05) is 41.4 Å². The van der Waals surface area contributed by atoms with E-state index in [-0.39, 0.29) is 35.7 Å². The zero-order chi connectivity index (χ0) is 27.3. The lowest BCUT2D eigenvalue weighted by Gasteiger charge is -2.33. The lowest BCUT2D eigenvalue weighted by molar-refractivity contribution is -0.133. The molecule has 0 bridgehead atoms. The van der Waals surface area contributed by atoms with Crippen LogP contribution in [0.5, 0.6) is 0 Å². The fraction of sp³-hybridized carbons (Fsp3) is 0.296. The van der Waals surface area contributed by atoms with Gasteiger partial charge in [-0.15, -0.1) is 0 Å². The van der Waals surface area contributed by atoms with Crippen LogP contribution in [0.2, 0.25) is 10.0 Å². The number of piperidine rings is 1. The van der Waals surface area contributed by atoms with Crippen LogP contribution >= 0.6 is 23.2 Å². The molecular formula is C27H25Cl2N7O3. The van der Waals surface area contributed by atoms with E-state index < -0.39 is 0 Å². The van der Waals surface area contributed by atoms with Crippen LogP contribution in [-0.4, -0.2) is 60.3 Å². The van der Waals surface area contributed by atoms with Crippen molar-refractivity contribution < 1.29 is 9.59 Å². The molecule has 1 amide bonds. The number of imidazole rings is 1. The van der Waals surface area contributed by atoms with Gasteiger partial charge in [-0.05, 0) is 25.0 Å². The van der Waals surface area contributed by atoms with Crippen molar-refractivity contribution in [1.29, 1.82) is 0 Å². The smallest absolute Gasteiger partial charge is 0.327 e. The number of aromatic amines is 1. The van der Waals surface area contributed by atoms with Crippen LogP contribution in [-0.2, 0) is 11.3 Å². The number of anilines is 1. The Labute approximate surface area is 233 Å². The fourth-order valence-corrected chi connectivity index (χ4v) is 5.90. The lowest BCUT2D eigenvalue weighted by Crippen LogP contribution is -2.42. The zero-order valence-electron chi connectivity index (χ0n) is 21.1. The summed E-state index contributed by atoms with van der Waals surface area (Å²) in [6.07, 6.45) is 8.37. The van der Waals surface area contributed by atoms with Gasteiger partial charge in [0.25, 0.3) is 0 Å². The van der Waals surface area contributed by atoms with E-state index in [1.54, 1.807) is 32.4 Å². The summed E-state index contributed by atoms with van der Waals surface area (Å²) in [6.45, 7) is 3.19. The lowest BCUT2D eigenvalue weighted by atomic mass is 10.0. The molecule has 1 aromatic carbocycles. The van der Waals surface area contributed by atoms with Crippen LogP contribution in [0.25, 0.3) is 28.2 Å². The first-order chi connectivity index (χ1) is 18.8. The molecule has 2 aliphatic rings. The Kier molecular flexibility index (Phi) is 6.52. The van der Waals surface area contributed by atoms with E-state index in [1.165, 1.54) is 13.3 Å². The van der Waals surface area contributed by atoms with Gasteiger partial charge in [-0.2, -0.15) is 0 Å². The Balaban J connectivity index is 1.27. The third-order valence-corrected chi connectivity index (χ3v) is 8.17. The summed E-state index contributed by atoms with van der Waals surface area (Å²) in [6, 6.07) is 5.27. The third-order valence-electron chi connectivity index (χ3n) is 7.36. The zero-order valence-corrected chi connectivity index (χ0v) is 22.6. The van der Waals surface area contributed by atoms with Crippen molar-refractivity contribution >= 4 is 57.8 Å². The van der Waals surface area contributed by atoms with Crippen molar-refractivity contribution in [3.8, 4) is 11.1 Å². The third kappa shape index (κ3) is 4.43. The summed E-state index contributed by atoms with van der Waals surface area (Å²) in [4.78, 5) is 51.8. The molecule has 0 saturated carbocycles. The van der Waals surface area contributed by atoms with E-state index in [2.05, 4.69) is 20.3 Å². The highest BCUT2D eigenvalue weighted by Gasteiger charge is 2.29. The molecule has 1 saturated heterocycles. The topological polar surface area (TPSA) is 118 Å². The molecule has 1 fully saturated rings. The SMILES string of the molecule is CC(=O)c1ncnc2c1c(-c1cccc(Cl)c1Cl)cn2CC(=O)N1CCC(n2c3c([nH]c2=O)NCC=C3)CC1.